The van der Waals surface area contributed by atoms with E-state index < -0.39 is 26.5 Å². The smallest absolute Gasteiger partial charge is 0.417 e. The predicted molar refractivity (Wildman–Crippen MR) is 106 cm³/mol. The van der Waals surface area contributed by atoms with Crippen molar-refractivity contribution in [2.45, 2.75) is 17.7 Å². The average Bonchev–Trinajstić information content (AvgIpc) is 3.09. The number of ether oxygens (including phenoxy) is 1. The molecule has 0 saturated heterocycles. The molecular formula is C18H16F3N3O4S2. The number of sulfone groups is 1. The third kappa shape index (κ3) is 4.71. The molecule has 2 heterocycles. The molecule has 0 aliphatic heterocycles. The Morgan fingerprint density at radius 3 is 2.57 bits per heavy atom. The van der Waals surface area contributed by atoms with Gasteiger partial charge in [-0.05, 0) is 24.3 Å². The second-order valence-corrected chi connectivity index (χ2v) is 9.21. The highest BCUT2D eigenvalue weighted by Crippen LogP contribution is 2.38. The summed E-state index contributed by atoms with van der Waals surface area (Å²) in [6.45, 7) is -0.333. The predicted octanol–water partition coefficient (Wildman–Crippen LogP) is 3.87. The molecule has 3 aromatic rings. The summed E-state index contributed by atoms with van der Waals surface area (Å²) in [5, 5.41) is 12.6. The van der Waals surface area contributed by atoms with Gasteiger partial charge in [-0.2, -0.15) is 13.2 Å². The van der Waals surface area contributed by atoms with Crippen LogP contribution in [-0.4, -0.2) is 36.9 Å². The number of aliphatic hydroxyl groups excluding tert-OH is 1. The summed E-state index contributed by atoms with van der Waals surface area (Å²) in [6, 6.07) is 6.10. The van der Waals surface area contributed by atoms with E-state index >= 15 is 0 Å². The highest BCUT2D eigenvalue weighted by molar-refractivity contribution is 7.90. The fourth-order valence-corrected chi connectivity index (χ4v) is 4.44. The average molecular weight is 459 g/mol. The van der Waals surface area contributed by atoms with Gasteiger partial charge in [-0.1, -0.05) is 11.3 Å². The van der Waals surface area contributed by atoms with Gasteiger partial charge in [-0.3, -0.25) is 0 Å². The molecule has 1 aromatic carbocycles. The molecule has 2 aromatic heterocycles. The van der Waals surface area contributed by atoms with Crippen molar-refractivity contribution < 1.29 is 31.4 Å². The number of anilines is 2. The number of methoxy groups -OCH3 is 1. The number of nitrogens with one attached hydrogen (secondary N) is 1. The number of rotatable bonds is 6. The third-order valence-electron chi connectivity index (χ3n) is 3.99. The third-order valence-corrected chi connectivity index (χ3v) is 6.10. The highest BCUT2D eigenvalue weighted by atomic mass is 32.2. The largest absolute Gasteiger partial charge is 0.481 e. The lowest BCUT2D eigenvalue weighted by Crippen LogP contribution is -2.13. The van der Waals surface area contributed by atoms with Gasteiger partial charge in [0.1, 0.15) is 0 Å². The standard InChI is InChI=1S/C18H16F3N3O4S2/c1-28-15-7-10(5-6-22-15)16-13(9-25)29-17(24-16)23-11-3-4-14(30(2,26)27)12(8-11)18(19,20)21/h3-8,25H,9H2,1-2H3,(H,23,24). The molecule has 0 radical (unpaired) electrons. The number of pyridine rings is 1. The van der Waals surface area contributed by atoms with E-state index in [0.29, 0.717) is 34.3 Å². The SMILES string of the molecule is COc1cc(-c2nc(Nc3ccc(S(C)(=O)=O)c(C(F)(F)F)c3)sc2CO)ccn1. The van der Waals surface area contributed by atoms with E-state index in [2.05, 4.69) is 15.3 Å². The topological polar surface area (TPSA) is 101 Å². The van der Waals surface area contributed by atoms with Crippen molar-refractivity contribution in [3.63, 3.8) is 0 Å². The Labute approximate surface area is 174 Å². The first kappa shape index (κ1) is 22.0. The van der Waals surface area contributed by atoms with Crippen LogP contribution in [0.15, 0.2) is 41.4 Å². The molecule has 30 heavy (non-hydrogen) atoms. The van der Waals surface area contributed by atoms with E-state index in [1.165, 1.54) is 19.4 Å². The van der Waals surface area contributed by atoms with Crippen molar-refractivity contribution in [1.29, 1.82) is 0 Å². The van der Waals surface area contributed by atoms with E-state index in [9.17, 15) is 26.7 Å². The van der Waals surface area contributed by atoms with Gasteiger partial charge in [-0.15, -0.1) is 0 Å². The molecule has 0 unspecified atom stereocenters. The van der Waals surface area contributed by atoms with Crippen molar-refractivity contribution in [1.82, 2.24) is 9.97 Å². The first-order valence-electron chi connectivity index (χ1n) is 8.32. The Kier molecular flexibility index (Phi) is 6.01. The molecular weight excluding hydrogens is 443 g/mol. The molecule has 0 bridgehead atoms. The maximum Gasteiger partial charge on any atom is 0.417 e. The quantitative estimate of drug-likeness (QED) is 0.577. The van der Waals surface area contributed by atoms with Crippen LogP contribution in [-0.2, 0) is 22.6 Å². The number of aliphatic hydroxyl groups is 1. The van der Waals surface area contributed by atoms with Crippen molar-refractivity contribution in [3.05, 3.63) is 47.0 Å². The van der Waals surface area contributed by atoms with Gasteiger partial charge in [0.15, 0.2) is 15.0 Å². The Morgan fingerprint density at radius 2 is 1.97 bits per heavy atom. The highest BCUT2D eigenvalue weighted by Gasteiger charge is 2.36. The maximum absolute atomic E-state index is 13.4. The van der Waals surface area contributed by atoms with E-state index in [1.54, 1.807) is 12.1 Å². The monoisotopic (exact) mass is 459 g/mol. The Morgan fingerprint density at radius 1 is 1.23 bits per heavy atom. The van der Waals surface area contributed by atoms with E-state index in [4.69, 9.17) is 4.74 Å². The van der Waals surface area contributed by atoms with Crippen molar-refractivity contribution >= 4 is 32.0 Å². The Balaban J connectivity index is 2.00. The summed E-state index contributed by atoms with van der Waals surface area (Å²) in [5.41, 5.74) is -0.229. The lowest BCUT2D eigenvalue weighted by atomic mass is 10.2. The van der Waals surface area contributed by atoms with Crippen LogP contribution in [0.4, 0.5) is 24.0 Å². The van der Waals surface area contributed by atoms with Gasteiger partial charge in [0.25, 0.3) is 0 Å². The van der Waals surface area contributed by atoms with Crippen LogP contribution in [0.5, 0.6) is 5.88 Å². The number of alkyl halides is 3. The zero-order valence-corrected chi connectivity index (χ0v) is 17.3. The second kappa shape index (κ2) is 8.20. The molecule has 0 aliphatic carbocycles. The number of halogens is 3. The number of nitrogens with zero attached hydrogens (tertiary/aromatic N) is 2. The maximum atomic E-state index is 13.4. The summed E-state index contributed by atoms with van der Waals surface area (Å²) in [6.07, 6.45) is -2.64. The van der Waals surface area contributed by atoms with E-state index in [1.807, 2.05) is 0 Å². The van der Waals surface area contributed by atoms with Gasteiger partial charge in [-0.25, -0.2) is 18.4 Å². The second-order valence-electron chi connectivity index (χ2n) is 6.14. The molecule has 0 atom stereocenters. The number of thiazole rings is 1. The van der Waals surface area contributed by atoms with Gasteiger partial charge >= 0.3 is 6.18 Å². The molecule has 160 valence electrons. The lowest BCUT2D eigenvalue weighted by Gasteiger charge is -2.13. The number of aromatic nitrogens is 2. The van der Waals surface area contributed by atoms with Crippen LogP contribution >= 0.6 is 11.3 Å². The summed E-state index contributed by atoms with van der Waals surface area (Å²) in [7, 11) is -2.62. The molecule has 3 rings (SSSR count). The van der Waals surface area contributed by atoms with Gasteiger partial charge in [0.2, 0.25) is 5.88 Å². The van der Waals surface area contributed by atoms with Gasteiger partial charge in [0.05, 0.1) is 34.7 Å². The van der Waals surface area contributed by atoms with Crippen LogP contribution < -0.4 is 10.1 Å². The molecule has 0 fully saturated rings. The molecule has 0 amide bonds. The van der Waals surface area contributed by atoms with Crippen LogP contribution in [0.2, 0.25) is 0 Å². The molecule has 0 saturated carbocycles. The number of hydrogen-bond donors (Lipinski definition) is 2. The zero-order chi connectivity index (χ0) is 22.1. The van der Waals surface area contributed by atoms with E-state index in [-0.39, 0.29) is 17.4 Å². The summed E-state index contributed by atoms with van der Waals surface area (Å²) < 4.78 is 68.5. The fraction of sp³-hybridized carbons (Fsp3) is 0.222. The van der Waals surface area contributed by atoms with Crippen LogP contribution in [0.25, 0.3) is 11.3 Å². The molecule has 0 aliphatic rings. The molecule has 12 heteroatoms. The zero-order valence-electron chi connectivity index (χ0n) is 15.7. The summed E-state index contributed by atoms with van der Waals surface area (Å²) >= 11 is 1.05. The number of benzene rings is 1. The van der Waals surface area contributed by atoms with Crippen molar-refractivity contribution in [3.8, 4) is 17.1 Å². The first-order chi connectivity index (χ1) is 14.0. The van der Waals surface area contributed by atoms with Crippen LogP contribution in [0.3, 0.4) is 0 Å². The van der Waals surface area contributed by atoms with Crippen LogP contribution in [0, 0.1) is 0 Å². The van der Waals surface area contributed by atoms with Crippen molar-refractivity contribution in [2.75, 3.05) is 18.7 Å². The van der Waals surface area contributed by atoms with Gasteiger partial charge in [0, 0.05) is 29.8 Å². The lowest BCUT2D eigenvalue weighted by molar-refractivity contribution is -0.139. The minimum absolute atomic E-state index is 0.00632. The minimum atomic E-state index is -4.85. The molecule has 2 N–H and O–H groups in total. The van der Waals surface area contributed by atoms with E-state index in [0.717, 1.165) is 17.4 Å². The Hall–Kier alpha value is -2.70. The van der Waals surface area contributed by atoms with Crippen LogP contribution in [0.1, 0.15) is 10.4 Å². The molecule has 7 nitrogen and oxygen atoms in total. The Bertz CT molecular complexity index is 1180. The summed E-state index contributed by atoms with van der Waals surface area (Å²) in [4.78, 5) is 8.02. The van der Waals surface area contributed by atoms with Crippen molar-refractivity contribution in [2.24, 2.45) is 0 Å². The fourth-order valence-electron chi connectivity index (χ4n) is 2.68. The minimum Gasteiger partial charge on any atom is -0.481 e. The molecule has 0 spiro atoms. The number of hydrogen-bond acceptors (Lipinski definition) is 8. The van der Waals surface area contributed by atoms with Gasteiger partial charge < -0.3 is 15.2 Å². The summed E-state index contributed by atoms with van der Waals surface area (Å²) in [5.74, 6) is 0.338. The normalized spacial score (nSPS) is 12.1. The first-order valence-corrected chi connectivity index (χ1v) is 11.0.